The topological polar surface area (TPSA) is 35.7 Å². The number of halogens is 1. The van der Waals surface area contributed by atoms with Crippen LogP contribution in [0.1, 0.15) is 119 Å². The van der Waals surface area contributed by atoms with Crippen LogP contribution in [0.3, 0.4) is 0 Å². The molecular formula is C24H56BrN4P. The lowest BCUT2D eigenvalue weighted by molar-refractivity contribution is -0.00000720. The molecule has 0 spiro atoms. The van der Waals surface area contributed by atoms with Crippen molar-refractivity contribution >= 4 is 7.87 Å². The average molecular weight is 512 g/mol. The number of unbranched alkanes of at least 4 members (excludes halogenated alkanes) is 6. The average Bonchev–Trinajstić information content (AvgIpc) is 2.73. The smallest absolute Gasteiger partial charge is 0.303 e. The molecule has 0 aromatic heterocycles. The van der Waals surface area contributed by atoms with Crippen molar-refractivity contribution in [2.24, 2.45) is 5.50 Å². The van der Waals surface area contributed by atoms with Crippen molar-refractivity contribution < 1.29 is 17.0 Å². The fourth-order valence-electron chi connectivity index (χ4n) is 3.80. The van der Waals surface area contributed by atoms with Gasteiger partial charge in [-0.3, -0.25) is 0 Å². The van der Waals surface area contributed by atoms with Crippen LogP contribution in [0.15, 0.2) is 0 Å². The van der Waals surface area contributed by atoms with E-state index in [1.807, 2.05) is 0 Å². The number of hydrogen-bond acceptors (Lipinski definition) is 4. The molecule has 30 heavy (non-hydrogen) atoms. The Hall–Kier alpha value is 0.750. The van der Waals surface area contributed by atoms with Gasteiger partial charge in [0.25, 0.3) is 0 Å². The van der Waals surface area contributed by atoms with E-state index in [1.54, 1.807) is 0 Å². The van der Waals surface area contributed by atoms with E-state index in [0.717, 1.165) is 39.3 Å². The predicted molar refractivity (Wildman–Crippen MR) is 135 cm³/mol. The zero-order chi connectivity index (χ0) is 22.0. The van der Waals surface area contributed by atoms with Crippen LogP contribution in [0.25, 0.3) is 0 Å². The second kappa shape index (κ2) is 21.6. The minimum absolute atomic E-state index is 0. The molecule has 0 radical (unpaired) electrons. The summed E-state index contributed by atoms with van der Waals surface area (Å²) >= 11 is 0. The van der Waals surface area contributed by atoms with Crippen molar-refractivity contribution in [1.82, 2.24) is 14.0 Å². The third-order valence-corrected chi connectivity index (χ3v) is 9.57. The Labute approximate surface area is 202 Å². The zero-order valence-electron chi connectivity index (χ0n) is 21.5. The SMILES string of the molecule is CCCCN(CCCC)[P+](N)(N(CCCC)CCCC)N(CCCC)CCCC.[Br-]. The molecule has 0 fully saturated rings. The van der Waals surface area contributed by atoms with Crippen LogP contribution < -0.4 is 22.5 Å². The maximum atomic E-state index is 7.66. The summed E-state index contributed by atoms with van der Waals surface area (Å²) in [7, 11) is -1.98. The van der Waals surface area contributed by atoms with Crippen LogP contribution in [-0.2, 0) is 0 Å². The van der Waals surface area contributed by atoms with Crippen LogP contribution >= 0.6 is 7.87 Å². The lowest BCUT2D eigenvalue weighted by Gasteiger charge is -2.45. The van der Waals surface area contributed by atoms with E-state index in [0.29, 0.717) is 0 Å². The van der Waals surface area contributed by atoms with Crippen molar-refractivity contribution in [3.63, 3.8) is 0 Å². The number of rotatable bonds is 21. The van der Waals surface area contributed by atoms with Crippen LogP contribution in [0.2, 0.25) is 0 Å². The van der Waals surface area contributed by atoms with E-state index in [1.165, 1.54) is 77.0 Å². The third kappa shape index (κ3) is 12.1. The third-order valence-electron chi connectivity index (χ3n) is 5.87. The lowest BCUT2D eigenvalue weighted by atomic mass is 10.3. The summed E-state index contributed by atoms with van der Waals surface area (Å²) in [5.41, 5.74) is 7.66. The molecule has 0 atom stereocenters. The molecule has 0 aromatic carbocycles. The maximum absolute atomic E-state index is 7.66. The van der Waals surface area contributed by atoms with E-state index in [9.17, 15) is 0 Å². The molecule has 0 aliphatic carbocycles. The van der Waals surface area contributed by atoms with Gasteiger partial charge in [0.15, 0.2) is 0 Å². The first-order valence-electron chi connectivity index (χ1n) is 13.0. The highest BCUT2D eigenvalue weighted by Gasteiger charge is 2.52. The number of nitrogens with two attached hydrogens (primary N) is 1. The summed E-state index contributed by atoms with van der Waals surface area (Å²) in [5, 5.41) is 0. The van der Waals surface area contributed by atoms with Gasteiger partial charge >= 0.3 is 7.87 Å². The molecule has 0 aliphatic rings. The summed E-state index contributed by atoms with van der Waals surface area (Å²) in [4.78, 5) is 0. The molecule has 0 heterocycles. The first-order chi connectivity index (χ1) is 14.1. The Morgan fingerprint density at radius 3 is 0.733 bits per heavy atom. The van der Waals surface area contributed by atoms with Crippen molar-refractivity contribution in [2.75, 3.05) is 39.3 Å². The van der Waals surface area contributed by atoms with E-state index >= 15 is 0 Å². The molecule has 0 saturated carbocycles. The Morgan fingerprint density at radius 2 is 0.600 bits per heavy atom. The summed E-state index contributed by atoms with van der Waals surface area (Å²) < 4.78 is 8.28. The molecule has 0 aromatic rings. The minimum atomic E-state index is -1.98. The van der Waals surface area contributed by atoms with Crippen molar-refractivity contribution in [3.05, 3.63) is 0 Å². The molecule has 0 amide bonds. The molecule has 184 valence electrons. The zero-order valence-corrected chi connectivity index (χ0v) is 24.0. The Kier molecular flexibility index (Phi) is 23.7. The highest BCUT2D eigenvalue weighted by atomic mass is 79.9. The predicted octanol–water partition coefficient (Wildman–Crippen LogP) is 4.33. The fraction of sp³-hybridized carbons (Fsp3) is 1.00. The number of nitrogens with zero attached hydrogens (tertiary/aromatic N) is 3. The minimum Gasteiger partial charge on any atom is -1.00 e. The van der Waals surface area contributed by atoms with Gasteiger partial charge in [-0.2, -0.15) is 5.50 Å². The van der Waals surface area contributed by atoms with Crippen LogP contribution in [-0.4, -0.2) is 53.3 Å². The maximum Gasteiger partial charge on any atom is 0.303 e. The van der Waals surface area contributed by atoms with Gasteiger partial charge in [0.05, 0.1) is 0 Å². The molecule has 6 heteroatoms. The molecule has 2 N–H and O–H groups in total. The van der Waals surface area contributed by atoms with Gasteiger partial charge in [0.2, 0.25) is 0 Å². The molecule has 0 rings (SSSR count). The van der Waals surface area contributed by atoms with E-state index in [4.69, 9.17) is 5.50 Å². The van der Waals surface area contributed by atoms with Gasteiger partial charge in [0.1, 0.15) is 0 Å². The van der Waals surface area contributed by atoms with Gasteiger partial charge < -0.3 is 17.0 Å². The molecule has 0 aliphatic heterocycles. The van der Waals surface area contributed by atoms with Gasteiger partial charge in [-0.25, -0.2) is 0 Å². The number of hydrogen-bond donors (Lipinski definition) is 1. The van der Waals surface area contributed by atoms with E-state index in [2.05, 4.69) is 55.6 Å². The van der Waals surface area contributed by atoms with Crippen molar-refractivity contribution in [1.29, 1.82) is 0 Å². The fourth-order valence-corrected chi connectivity index (χ4v) is 7.49. The van der Waals surface area contributed by atoms with E-state index < -0.39 is 7.87 Å². The molecule has 0 bridgehead atoms. The van der Waals surface area contributed by atoms with Crippen LogP contribution in [0.4, 0.5) is 0 Å². The van der Waals surface area contributed by atoms with Crippen molar-refractivity contribution in [2.45, 2.75) is 119 Å². The van der Waals surface area contributed by atoms with Crippen LogP contribution in [0.5, 0.6) is 0 Å². The van der Waals surface area contributed by atoms with Gasteiger partial charge in [-0.15, -0.1) is 14.0 Å². The quantitative estimate of drug-likeness (QED) is 0.233. The van der Waals surface area contributed by atoms with Gasteiger partial charge in [0, 0.05) is 39.3 Å². The summed E-state index contributed by atoms with van der Waals surface area (Å²) in [5.74, 6) is 0. The van der Waals surface area contributed by atoms with Crippen molar-refractivity contribution in [3.8, 4) is 0 Å². The Balaban J connectivity index is 0. The summed E-state index contributed by atoms with van der Waals surface area (Å²) in [6.07, 6.45) is 15.0. The molecule has 0 unspecified atom stereocenters. The Morgan fingerprint density at radius 1 is 0.433 bits per heavy atom. The first kappa shape index (κ1) is 32.9. The monoisotopic (exact) mass is 510 g/mol. The molecule has 0 saturated heterocycles. The highest BCUT2D eigenvalue weighted by Crippen LogP contribution is 2.61. The second-order valence-electron chi connectivity index (χ2n) is 8.60. The standard InChI is InChI=1S/C24H56N4P.BrH/c1-7-13-19-26(20-14-8-2)29(25,27(21-15-9-3)22-16-10-4)28(23-17-11-5)24-18-12-6;/h7-25H2,1-6H3;1H/q+1;/p-1. The van der Waals surface area contributed by atoms with E-state index in [-0.39, 0.29) is 17.0 Å². The summed E-state index contributed by atoms with van der Waals surface area (Å²) in [6, 6.07) is 0. The Bertz CT molecular complexity index is 286. The summed E-state index contributed by atoms with van der Waals surface area (Å²) in [6.45, 7) is 20.8. The van der Waals surface area contributed by atoms with Gasteiger partial charge in [-0.05, 0) is 38.5 Å². The van der Waals surface area contributed by atoms with Crippen LogP contribution in [0, 0.1) is 0 Å². The first-order valence-corrected chi connectivity index (χ1v) is 14.7. The largest absolute Gasteiger partial charge is 1.00 e. The second-order valence-corrected chi connectivity index (χ2v) is 11.5. The molecule has 4 nitrogen and oxygen atoms in total. The van der Waals surface area contributed by atoms with Gasteiger partial charge in [-0.1, -0.05) is 80.1 Å². The normalized spacial score (nSPS) is 12.2. The highest BCUT2D eigenvalue weighted by molar-refractivity contribution is 7.66. The lowest BCUT2D eigenvalue weighted by Crippen LogP contribution is -3.00. The molecular weight excluding hydrogens is 455 g/mol.